The van der Waals surface area contributed by atoms with Crippen molar-refractivity contribution in [2.75, 3.05) is 19.7 Å². The quantitative estimate of drug-likeness (QED) is 0.808. The summed E-state index contributed by atoms with van der Waals surface area (Å²) in [7, 11) is 0. The summed E-state index contributed by atoms with van der Waals surface area (Å²) >= 11 is 6.13. The molecule has 1 aromatic carbocycles. The average molecular weight is 292 g/mol. The zero-order chi connectivity index (χ0) is 14.4. The Kier molecular flexibility index (Phi) is 5.46. The largest absolute Gasteiger partial charge is 0.384 e. The molecule has 1 aliphatic rings. The van der Waals surface area contributed by atoms with E-state index in [1.54, 1.807) is 18.2 Å². The van der Waals surface area contributed by atoms with E-state index >= 15 is 0 Å². The van der Waals surface area contributed by atoms with E-state index in [9.17, 15) is 4.79 Å². The van der Waals surface area contributed by atoms with Gasteiger partial charge in [-0.05, 0) is 31.0 Å². The van der Waals surface area contributed by atoms with Crippen molar-refractivity contribution < 1.29 is 9.90 Å². The van der Waals surface area contributed by atoms with Crippen LogP contribution in [0, 0.1) is 11.8 Å². The van der Waals surface area contributed by atoms with E-state index in [1.165, 1.54) is 12.8 Å². The Bertz CT molecular complexity index is 537. The van der Waals surface area contributed by atoms with Crippen molar-refractivity contribution in [1.29, 1.82) is 0 Å². The molecule has 2 rings (SSSR count). The minimum atomic E-state index is -0.204. The molecular formula is C16H18ClNO2. The van der Waals surface area contributed by atoms with Gasteiger partial charge in [0, 0.05) is 24.2 Å². The third-order valence-electron chi connectivity index (χ3n) is 3.41. The van der Waals surface area contributed by atoms with Crippen LogP contribution in [0.25, 0.3) is 0 Å². The van der Waals surface area contributed by atoms with E-state index in [1.807, 2.05) is 4.90 Å². The Labute approximate surface area is 124 Å². The van der Waals surface area contributed by atoms with Gasteiger partial charge >= 0.3 is 0 Å². The van der Waals surface area contributed by atoms with Crippen LogP contribution in [0.4, 0.5) is 0 Å². The molecule has 0 radical (unpaired) electrons. The molecule has 1 aromatic rings. The molecule has 1 fully saturated rings. The van der Waals surface area contributed by atoms with E-state index in [-0.39, 0.29) is 12.5 Å². The predicted octanol–water partition coefficient (Wildman–Crippen LogP) is 2.70. The minimum Gasteiger partial charge on any atom is -0.384 e. The van der Waals surface area contributed by atoms with Gasteiger partial charge in [-0.25, -0.2) is 0 Å². The van der Waals surface area contributed by atoms with Gasteiger partial charge in [0.25, 0.3) is 5.91 Å². The predicted molar refractivity (Wildman–Crippen MR) is 79.8 cm³/mol. The Balaban J connectivity index is 2.15. The highest BCUT2D eigenvalue weighted by Gasteiger charge is 2.17. The first-order valence-corrected chi connectivity index (χ1v) is 7.28. The number of halogens is 1. The first-order valence-electron chi connectivity index (χ1n) is 6.91. The second-order valence-electron chi connectivity index (χ2n) is 4.86. The molecule has 1 saturated heterocycles. The summed E-state index contributed by atoms with van der Waals surface area (Å²) in [5, 5.41) is 9.13. The molecule has 1 amide bonds. The second kappa shape index (κ2) is 7.33. The van der Waals surface area contributed by atoms with Crippen LogP contribution < -0.4 is 0 Å². The van der Waals surface area contributed by atoms with Crippen molar-refractivity contribution in [3.05, 3.63) is 34.3 Å². The van der Waals surface area contributed by atoms with Crippen LogP contribution in [-0.4, -0.2) is 35.6 Å². The lowest BCUT2D eigenvalue weighted by Gasteiger charge is -2.20. The minimum absolute atomic E-state index is 0.0375. The van der Waals surface area contributed by atoms with Crippen molar-refractivity contribution in [2.24, 2.45) is 0 Å². The number of benzene rings is 1. The molecule has 1 aliphatic heterocycles. The molecule has 0 atom stereocenters. The Morgan fingerprint density at radius 2 is 1.95 bits per heavy atom. The maximum Gasteiger partial charge on any atom is 0.253 e. The van der Waals surface area contributed by atoms with Gasteiger partial charge < -0.3 is 10.0 Å². The van der Waals surface area contributed by atoms with Crippen molar-refractivity contribution in [3.8, 4) is 11.8 Å². The van der Waals surface area contributed by atoms with Crippen molar-refractivity contribution in [3.63, 3.8) is 0 Å². The first-order chi connectivity index (χ1) is 9.72. The van der Waals surface area contributed by atoms with Gasteiger partial charge in [-0.2, -0.15) is 0 Å². The summed E-state index contributed by atoms with van der Waals surface area (Å²) in [6.45, 7) is 1.44. The molecule has 0 aliphatic carbocycles. The number of carbonyl (C=O) groups excluding carboxylic acids is 1. The van der Waals surface area contributed by atoms with E-state index in [0.29, 0.717) is 16.1 Å². The maximum atomic E-state index is 12.4. The number of aliphatic hydroxyl groups is 1. The van der Waals surface area contributed by atoms with Crippen LogP contribution in [0.3, 0.4) is 0 Å². The lowest BCUT2D eigenvalue weighted by atomic mass is 10.1. The zero-order valence-electron chi connectivity index (χ0n) is 11.4. The summed E-state index contributed by atoms with van der Waals surface area (Å²) < 4.78 is 0. The number of likely N-dealkylation sites (tertiary alicyclic amines) is 1. The average Bonchev–Trinajstić information content (AvgIpc) is 2.74. The smallest absolute Gasteiger partial charge is 0.253 e. The molecule has 20 heavy (non-hydrogen) atoms. The van der Waals surface area contributed by atoms with E-state index in [2.05, 4.69) is 11.8 Å². The van der Waals surface area contributed by atoms with Crippen LogP contribution in [0.15, 0.2) is 18.2 Å². The molecule has 0 aromatic heterocycles. The van der Waals surface area contributed by atoms with Gasteiger partial charge in [0.05, 0.1) is 5.02 Å². The molecule has 0 spiro atoms. The third kappa shape index (κ3) is 3.75. The number of nitrogens with zero attached hydrogens (tertiary/aromatic N) is 1. The van der Waals surface area contributed by atoms with Crippen LogP contribution in [0.1, 0.15) is 41.6 Å². The molecule has 0 bridgehead atoms. The van der Waals surface area contributed by atoms with Crippen molar-refractivity contribution in [1.82, 2.24) is 4.90 Å². The number of amides is 1. The molecule has 1 heterocycles. The molecular weight excluding hydrogens is 274 g/mol. The second-order valence-corrected chi connectivity index (χ2v) is 5.27. The Hall–Kier alpha value is -1.50. The fraction of sp³-hybridized carbons (Fsp3) is 0.438. The zero-order valence-corrected chi connectivity index (χ0v) is 12.1. The maximum absolute atomic E-state index is 12.4. The molecule has 4 heteroatoms. The lowest BCUT2D eigenvalue weighted by Crippen LogP contribution is -2.31. The summed E-state index contributed by atoms with van der Waals surface area (Å²) in [4.78, 5) is 14.3. The van der Waals surface area contributed by atoms with Gasteiger partial charge in [-0.15, -0.1) is 0 Å². The van der Waals surface area contributed by atoms with Gasteiger partial charge in [0.1, 0.15) is 6.61 Å². The Morgan fingerprint density at radius 1 is 1.25 bits per heavy atom. The standard InChI is InChI=1S/C16H18ClNO2/c17-15-12-14(8-7-13(15)6-5-11-19)16(20)18-9-3-1-2-4-10-18/h7-8,12,19H,1-4,9-11H2. The lowest BCUT2D eigenvalue weighted by molar-refractivity contribution is 0.0761. The van der Waals surface area contributed by atoms with Gasteiger partial charge in [0.2, 0.25) is 0 Å². The number of rotatable bonds is 1. The highest BCUT2D eigenvalue weighted by atomic mass is 35.5. The van der Waals surface area contributed by atoms with Crippen LogP contribution in [0.2, 0.25) is 5.02 Å². The summed E-state index contributed by atoms with van der Waals surface area (Å²) in [6.07, 6.45) is 4.53. The highest BCUT2D eigenvalue weighted by molar-refractivity contribution is 6.32. The first kappa shape index (κ1) is 14.9. The van der Waals surface area contributed by atoms with Gasteiger partial charge in [0.15, 0.2) is 0 Å². The number of hydrogen-bond donors (Lipinski definition) is 1. The molecule has 3 nitrogen and oxygen atoms in total. The van der Waals surface area contributed by atoms with Crippen molar-refractivity contribution in [2.45, 2.75) is 25.7 Å². The molecule has 1 N–H and O–H groups in total. The molecule has 0 saturated carbocycles. The Morgan fingerprint density at radius 3 is 2.55 bits per heavy atom. The summed E-state index contributed by atoms with van der Waals surface area (Å²) in [5.74, 6) is 5.35. The number of aliphatic hydroxyl groups excluding tert-OH is 1. The van der Waals surface area contributed by atoms with Crippen LogP contribution >= 0.6 is 11.6 Å². The van der Waals surface area contributed by atoms with Crippen molar-refractivity contribution >= 4 is 17.5 Å². The van der Waals surface area contributed by atoms with Crippen LogP contribution in [0.5, 0.6) is 0 Å². The monoisotopic (exact) mass is 291 g/mol. The van der Waals surface area contributed by atoms with E-state index in [0.717, 1.165) is 25.9 Å². The third-order valence-corrected chi connectivity index (χ3v) is 3.72. The SMILES string of the molecule is O=C(c1ccc(C#CCO)c(Cl)c1)N1CCCCCC1. The van der Waals surface area contributed by atoms with Crippen LogP contribution in [-0.2, 0) is 0 Å². The molecule has 0 unspecified atom stereocenters. The summed E-state index contributed by atoms with van der Waals surface area (Å²) in [5.41, 5.74) is 1.24. The van der Waals surface area contributed by atoms with E-state index < -0.39 is 0 Å². The number of hydrogen-bond acceptors (Lipinski definition) is 2. The summed E-state index contributed by atoms with van der Waals surface area (Å²) in [6, 6.07) is 5.15. The number of carbonyl (C=O) groups is 1. The molecule has 106 valence electrons. The fourth-order valence-corrected chi connectivity index (χ4v) is 2.57. The van der Waals surface area contributed by atoms with Gasteiger partial charge in [-0.1, -0.05) is 36.3 Å². The fourth-order valence-electron chi connectivity index (χ4n) is 2.34. The van der Waals surface area contributed by atoms with E-state index in [4.69, 9.17) is 16.7 Å². The highest BCUT2D eigenvalue weighted by Crippen LogP contribution is 2.19. The normalized spacial score (nSPS) is 15.2. The van der Waals surface area contributed by atoms with Gasteiger partial charge in [-0.3, -0.25) is 4.79 Å². The topological polar surface area (TPSA) is 40.5 Å².